The number of carbonyl (C=O) groups excluding carboxylic acids is 1. The van der Waals surface area contributed by atoms with Crippen molar-refractivity contribution in [3.05, 3.63) is 0 Å². The van der Waals surface area contributed by atoms with Crippen LogP contribution in [0.5, 0.6) is 0 Å². The van der Waals surface area contributed by atoms with Crippen LogP contribution >= 0.6 is 0 Å². The van der Waals surface area contributed by atoms with Gasteiger partial charge >= 0.3 is 0 Å². The van der Waals surface area contributed by atoms with Gasteiger partial charge in [-0.2, -0.15) is 0 Å². The maximum Gasteiger partial charge on any atom is 0.136 e. The Labute approximate surface area is 92.5 Å². The van der Waals surface area contributed by atoms with Crippen LogP contribution in [0.25, 0.3) is 0 Å². The van der Waals surface area contributed by atoms with Gasteiger partial charge < -0.3 is 10.0 Å². The highest BCUT2D eigenvalue weighted by Gasteiger charge is 2.23. The van der Waals surface area contributed by atoms with Crippen molar-refractivity contribution in [2.75, 3.05) is 20.1 Å². The maximum atomic E-state index is 11.4. The molecule has 2 unspecified atom stereocenters. The van der Waals surface area contributed by atoms with E-state index in [1.54, 1.807) is 0 Å². The van der Waals surface area contributed by atoms with Gasteiger partial charge in [-0.3, -0.25) is 4.79 Å². The lowest BCUT2D eigenvalue weighted by Crippen LogP contribution is -2.25. The molecule has 0 saturated heterocycles. The Morgan fingerprint density at radius 1 is 1.53 bits per heavy atom. The minimum atomic E-state index is -0.222. The van der Waals surface area contributed by atoms with Gasteiger partial charge in [-0.15, -0.1) is 0 Å². The zero-order valence-corrected chi connectivity index (χ0v) is 9.91. The summed E-state index contributed by atoms with van der Waals surface area (Å²) < 4.78 is 0. The van der Waals surface area contributed by atoms with Gasteiger partial charge in [0.25, 0.3) is 0 Å². The van der Waals surface area contributed by atoms with Gasteiger partial charge in [-0.25, -0.2) is 0 Å². The number of rotatable bonds is 6. The monoisotopic (exact) mass is 213 g/mol. The van der Waals surface area contributed by atoms with Crippen LogP contribution in [0.1, 0.15) is 39.0 Å². The first-order valence-corrected chi connectivity index (χ1v) is 5.99. The second kappa shape index (κ2) is 6.23. The van der Waals surface area contributed by atoms with Crippen LogP contribution in [0.4, 0.5) is 0 Å². The number of carbonyl (C=O) groups is 1. The van der Waals surface area contributed by atoms with Crippen molar-refractivity contribution in [2.45, 2.75) is 45.1 Å². The molecule has 88 valence electrons. The van der Waals surface area contributed by atoms with E-state index in [0.29, 0.717) is 11.7 Å². The minimum Gasteiger partial charge on any atom is -0.393 e. The number of hydrogen-bond acceptors (Lipinski definition) is 3. The topological polar surface area (TPSA) is 40.5 Å². The number of ketones is 1. The van der Waals surface area contributed by atoms with Crippen molar-refractivity contribution in [3.8, 4) is 0 Å². The third-order valence-corrected chi connectivity index (χ3v) is 3.22. The molecule has 0 heterocycles. The van der Waals surface area contributed by atoms with E-state index in [0.717, 1.165) is 45.2 Å². The van der Waals surface area contributed by atoms with Crippen molar-refractivity contribution in [3.63, 3.8) is 0 Å². The Hall–Kier alpha value is -0.410. The molecule has 0 aromatic rings. The molecule has 0 bridgehead atoms. The predicted molar refractivity (Wildman–Crippen MR) is 60.8 cm³/mol. The van der Waals surface area contributed by atoms with Crippen LogP contribution in [0.15, 0.2) is 0 Å². The summed E-state index contributed by atoms with van der Waals surface area (Å²) >= 11 is 0. The zero-order chi connectivity index (χ0) is 11.3. The third kappa shape index (κ3) is 4.76. The van der Waals surface area contributed by atoms with Crippen molar-refractivity contribution in [2.24, 2.45) is 5.92 Å². The van der Waals surface area contributed by atoms with Crippen molar-refractivity contribution >= 4 is 5.78 Å². The molecule has 0 radical (unpaired) electrons. The van der Waals surface area contributed by atoms with Crippen LogP contribution in [-0.2, 0) is 4.79 Å². The number of hydrogen-bond donors (Lipinski definition) is 1. The molecule has 3 nitrogen and oxygen atoms in total. The molecule has 0 spiro atoms. The molecule has 1 saturated carbocycles. The van der Waals surface area contributed by atoms with E-state index in [4.69, 9.17) is 5.11 Å². The molecule has 2 atom stereocenters. The van der Waals surface area contributed by atoms with Gasteiger partial charge in [-0.1, -0.05) is 0 Å². The molecule has 15 heavy (non-hydrogen) atoms. The summed E-state index contributed by atoms with van der Waals surface area (Å²) in [5.41, 5.74) is 0. The smallest absolute Gasteiger partial charge is 0.136 e. The zero-order valence-electron chi connectivity index (χ0n) is 9.91. The highest BCUT2D eigenvalue weighted by atomic mass is 16.3. The SMILES string of the molecule is CC(O)CCN(C)CCC1CCCC1=O. The molecular formula is C12H23NO2. The molecule has 3 heteroatoms. The molecule has 0 aliphatic heterocycles. The van der Waals surface area contributed by atoms with E-state index < -0.39 is 0 Å². The average molecular weight is 213 g/mol. The first-order chi connectivity index (χ1) is 7.09. The molecule has 1 rings (SSSR count). The van der Waals surface area contributed by atoms with Crippen LogP contribution in [0.3, 0.4) is 0 Å². The van der Waals surface area contributed by atoms with Crippen molar-refractivity contribution < 1.29 is 9.90 Å². The van der Waals surface area contributed by atoms with Gasteiger partial charge in [0, 0.05) is 18.9 Å². The number of Topliss-reactive ketones (excluding diaryl/α,β-unsaturated/α-hetero) is 1. The predicted octanol–water partition coefficient (Wildman–Crippen LogP) is 1.45. The highest BCUT2D eigenvalue weighted by molar-refractivity contribution is 5.82. The van der Waals surface area contributed by atoms with Gasteiger partial charge in [0.15, 0.2) is 0 Å². The second-order valence-electron chi connectivity index (χ2n) is 4.79. The van der Waals surface area contributed by atoms with Gasteiger partial charge in [-0.05, 0) is 46.2 Å². The first kappa shape index (κ1) is 12.7. The van der Waals surface area contributed by atoms with E-state index in [2.05, 4.69) is 11.9 Å². The van der Waals surface area contributed by atoms with E-state index >= 15 is 0 Å². The quantitative estimate of drug-likeness (QED) is 0.726. The molecule has 0 amide bonds. The summed E-state index contributed by atoms with van der Waals surface area (Å²) in [5, 5.41) is 9.14. The van der Waals surface area contributed by atoms with E-state index in [9.17, 15) is 4.79 Å². The fourth-order valence-electron chi connectivity index (χ4n) is 2.09. The van der Waals surface area contributed by atoms with Crippen molar-refractivity contribution in [1.82, 2.24) is 4.90 Å². The molecule has 1 aliphatic rings. The Balaban J connectivity index is 2.10. The fourth-order valence-corrected chi connectivity index (χ4v) is 2.09. The van der Waals surface area contributed by atoms with Gasteiger partial charge in [0.1, 0.15) is 5.78 Å². The number of aliphatic hydroxyl groups excluding tert-OH is 1. The maximum absolute atomic E-state index is 11.4. The van der Waals surface area contributed by atoms with E-state index in [1.807, 2.05) is 6.92 Å². The normalized spacial score (nSPS) is 23.7. The summed E-state index contributed by atoms with van der Waals surface area (Å²) in [6.07, 6.45) is 4.55. The first-order valence-electron chi connectivity index (χ1n) is 5.99. The van der Waals surface area contributed by atoms with E-state index in [1.165, 1.54) is 0 Å². The summed E-state index contributed by atoms with van der Waals surface area (Å²) in [5.74, 6) is 0.776. The average Bonchev–Trinajstić information content (AvgIpc) is 2.58. The Morgan fingerprint density at radius 3 is 2.80 bits per heavy atom. The van der Waals surface area contributed by atoms with Crippen molar-refractivity contribution in [1.29, 1.82) is 0 Å². The largest absolute Gasteiger partial charge is 0.393 e. The highest BCUT2D eigenvalue weighted by Crippen LogP contribution is 2.24. The molecular weight excluding hydrogens is 190 g/mol. The standard InChI is InChI=1S/C12H23NO2/c1-10(14)6-8-13(2)9-7-11-4-3-5-12(11)15/h10-11,14H,3-9H2,1-2H3. The van der Waals surface area contributed by atoms with Crippen LogP contribution in [-0.4, -0.2) is 42.0 Å². The summed E-state index contributed by atoms with van der Waals surface area (Å²) in [4.78, 5) is 13.6. The van der Waals surface area contributed by atoms with Crippen LogP contribution in [0.2, 0.25) is 0 Å². The van der Waals surface area contributed by atoms with Crippen LogP contribution in [0, 0.1) is 5.92 Å². The fraction of sp³-hybridized carbons (Fsp3) is 0.917. The lowest BCUT2D eigenvalue weighted by atomic mass is 10.0. The van der Waals surface area contributed by atoms with Gasteiger partial charge in [0.05, 0.1) is 6.10 Å². The summed E-state index contributed by atoms with van der Waals surface area (Å²) in [6, 6.07) is 0. The molecule has 1 fully saturated rings. The molecule has 0 aromatic carbocycles. The lowest BCUT2D eigenvalue weighted by molar-refractivity contribution is -0.120. The Bertz CT molecular complexity index is 204. The minimum absolute atomic E-state index is 0.222. The van der Waals surface area contributed by atoms with E-state index in [-0.39, 0.29) is 6.10 Å². The summed E-state index contributed by atoms with van der Waals surface area (Å²) in [6.45, 7) is 3.70. The number of nitrogens with zero attached hydrogens (tertiary/aromatic N) is 1. The Morgan fingerprint density at radius 2 is 2.27 bits per heavy atom. The van der Waals surface area contributed by atoms with Gasteiger partial charge in [0.2, 0.25) is 0 Å². The molecule has 1 N–H and O–H groups in total. The molecule has 0 aromatic heterocycles. The number of aliphatic hydroxyl groups is 1. The second-order valence-corrected chi connectivity index (χ2v) is 4.79. The third-order valence-electron chi connectivity index (χ3n) is 3.22. The summed E-state index contributed by atoms with van der Waals surface area (Å²) in [7, 11) is 2.06. The Kier molecular flexibility index (Phi) is 5.26. The molecule has 1 aliphatic carbocycles. The van der Waals surface area contributed by atoms with Crippen LogP contribution < -0.4 is 0 Å². The lowest BCUT2D eigenvalue weighted by Gasteiger charge is -2.19.